The van der Waals surface area contributed by atoms with Crippen molar-refractivity contribution in [2.75, 3.05) is 7.11 Å². The molecule has 0 radical (unpaired) electrons. The van der Waals surface area contributed by atoms with Crippen LogP contribution in [0.4, 0.5) is 0 Å². The second-order valence-electron chi connectivity index (χ2n) is 10.7. The lowest BCUT2D eigenvalue weighted by Crippen LogP contribution is -2.26. The van der Waals surface area contributed by atoms with Crippen LogP contribution in [0.1, 0.15) is 82.4 Å². The van der Waals surface area contributed by atoms with Gasteiger partial charge in [-0.3, -0.25) is 14.4 Å². The number of benzene rings is 2. The highest BCUT2D eigenvalue weighted by molar-refractivity contribution is 6.07. The van der Waals surface area contributed by atoms with Crippen molar-refractivity contribution in [2.24, 2.45) is 10.8 Å². The van der Waals surface area contributed by atoms with Gasteiger partial charge in [0.25, 0.3) is 0 Å². The monoisotopic (exact) mass is 494 g/mol. The van der Waals surface area contributed by atoms with E-state index in [0.29, 0.717) is 35.7 Å². The summed E-state index contributed by atoms with van der Waals surface area (Å²) in [6.45, 7) is 14.7. The van der Waals surface area contributed by atoms with Crippen LogP contribution >= 0.6 is 0 Å². The van der Waals surface area contributed by atoms with Crippen molar-refractivity contribution in [3.05, 3.63) is 58.7 Å². The maximum absolute atomic E-state index is 12.8. The van der Waals surface area contributed by atoms with E-state index in [-0.39, 0.29) is 17.7 Å². The fraction of sp³-hybridized carbons (Fsp3) is 0.433. The molecule has 0 atom stereocenters. The highest BCUT2D eigenvalue weighted by Gasteiger charge is 2.27. The standard InChI is InChI=1S/C30H38O6/c1-10-19-18-21(25(34-9)23(11-2)26(19)36-28(33)30(6,7)8)14-17-24(31)20-12-15-22(16-13-20)35-27(32)29(3,4)5/h12-18H,10-11H2,1-9H3/b17-14+. The molecule has 0 aliphatic rings. The Labute approximate surface area is 214 Å². The molecule has 0 amide bonds. The highest BCUT2D eigenvalue weighted by atomic mass is 16.5. The van der Waals surface area contributed by atoms with Gasteiger partial charge in [-0.1, -0.05) is 13.8 Å². The predicted molar refractivity (Wildman–Crippen MR) is 142 cm³/mol. The maximum atomic E-state index is 12.8. The zero-order chi connectivity index (χ0) is 27.3. The second-order valence-corrected chi connectivity index (χ2v) is 10.7. The average Bonchev–Trinajstić information content (AvgIpc) is 2.81. The molecule has 0 aliphatic heterocycles. The first-order valence-corrected chi connectivity index (χ1v) is 12.2. The van der Waals surface area contributed by atoms with Crippen LogP contribution in [0.3, 0.4) is 0 Å². The minimum absolute atomic E-state index is 0.204. The van der Waals surface area contributed by atoms with E-state index in [1.165, 1.54) is 6.08 Å². The molecule has 0 bridgehead atoms. The van der Waals surface area contributed by atoms with Gasteiger partial charge in [-0.2, -0.15) is 0 Å². The number of esters is 2. The Kier molecular flexibility index (Phi) is 9.25. The van der Waals surface area contributed by atoms with E-state index >= 15 is 0 Å². The first-order chi connectivity index (χ1) is 16.7. The van der Waals surface area contributed by atoms with Crippen LogP contribution in [0.5, 0.6) is 17.2 Å². The summed E-state index contributed by atoms with van der Waals surface area (Å²) in [5.74, 6) is 0.621. The molecule has 36 heavy (non-hydrogen) atoms. The SMILES string of the molecule is CCc1cc(/C=C/C(=O)c2ccc(OC(=O)C(C)(C)C)cc2)c(OC)c(CC)c1OC(=O)C(C)(C)C. The van der Waals surface area contributed by atoms with Crippen LogP contribution in [0.2, 0.25) is 0 Å². The third-order valence-electron chi connectivity index (χ3n) is 5.55. The van der Waals surface area contributed by atoms with Gasteiger partial charge in [0.1, 0.15) is 17.2 Å². The molecule has 6 nitrogen and oxygen atoms in total. The Balaban J connectivity index is 2.35. The lowest BCUT2D eigenvalue weighted by Gasteiger charge is -2.22. The molecule has 0 fully saturated rings. The fourth-order valence-electron chi connectivity index (χ4n) is 3.32. The zero-order valence-electron chi connectivity index (χ0n) is 22.9. The Morgan fingerprint density at radius 2 is 1.36 bits per heavy atom. The Bertz CT molecular complexity index is 1140. The maximum Gasteiger partial charge on any atom is 0.316 e. The van der Waals surface area contributed by atoms with E-state index in [4.69, 9.17) is 14.2 Å². The number of carbonyl (C=O) groups is 3. The molecular weight excluding hydrogens is 456 g/mol. The topological polar surface area (TPSA) is 78.9 Å². The minimum atomic E-state index is -0.644. The Morgan fingerprint density at radius 1 is 0.806 bits per heavy atom. The Hall–Kier alpha value is -3.41. The number of ether oxygens (including phenoxy) is 3. The number of ketones is 1. The van der Waals surface area contributed by atoms with Gasteiger partial charge in [-0.15, -0.1) is 0 Å². The number of aryl methyl sites for hydroxylation is 1. The molecule has 0 N–H and O–H groups in total. The van der Waals surface area contributed by atoms with Crippen molar-refractivity contribution in [3.63, 3.8) is 0 Å². The van der Waals surface area contributed by atoms with Gasteiger partial charge < -0.3 is 14.2 Å². The van der Waals surface area contributed by atoms with Gasteiger partial charge in [-0.25, -0.2) is 0 Å². The molecule has 6 heteroatoms. The van der Waals surface area contributed by atoms with Crippen LogP contribution in [0.15, 0.2) is 36.4 Å². The molecule has 0 aromatic heterocycles. The molecule has 0 aliphatic carbocycles. The van der Waals surface area contributed by atoms with E-state index in [9.17, 15) is 14.4 Å². The minimum Gasteiger partial charge on any atom is -0.496 e. The van der Waals surface area contributed by atoms with Crippen LogP contribution in [-0.2, 0) is 22.4 Å². The zero-order valence-corrected chi connectivity index (χ0v) is 22.9. The molecule has 194 valence electrons. The molecule has 0 saturated carbocycles. The molecule has 0 spiro atoms. The third kappa shape index (κ3) is 7.06. The summed E-state index contributed by atoms with van der Waals surface area (Å²) in [5.41, 5.74) is 1.57. The number of methoxy groups -OCH3 is 1. The molecule has 0 saturated heterocycles. The van der Waals surface area contributed by atoms with Gasteiger partial charge in [-0.05, 0) is 102 Å². The second kappa shape index (κ2) is 11.5. The lowest BCUT2D eigenvalue weighted by atomic mass is 9.95. The molecule has 2 rings (SSSR count). The van der Waals surface area contributed by atoms with E-state index in [0.717, 1.165) is 16.7 Å². The summed E-state index contributed by atoms with van der Waals surface area (Å²) in [6.07, 6.45) is 4.43. The van der Waals surface area contributed by atoms with Crippen LogP contribution in [-0.4, -0.2) is 24.8 Å². The fourth-order valence-corrected chi connectivity index (χ4v) is 3.32. The largest absolute Gasteiger partial charge is 0.496 e. The van der Waals surface area contributed by atoms with Gasteiger partial charge in [0.15, 0.2) is 5.78 Å². The molecule has 2 aromatic rings. The van der Waals surface area contributed by atoms with Gasteiger partial charge in [0.05, 0.1) is 17.9 Å². The summed E-state index contributed by atoms with van der Waals surface area (Å²) in [5, 5.41) is 0. The first-order valence-electron chi connectivity index (χ1n) is 12.2. The third-order valence-corrected chi connectivity index (χ3v) is 5.55. The highest BCUT2D eigenvalue weighted by Crippen LogP contribution is 2.38. The van der Waals surface area contributed by atoms with Gasteiger partial charge in [0, 0.05) is 16.7 Å². The summed E-state index contributed by atoms with van der Waals surface area (Å²) in [6, 6.07) is 8.35. The normalized spacial score (nSPS) is 11.9. The summed E-state index contributed by atoms with van der Waals surface area (Å²) < 4.78 is 16.9. The average molecular weight is 495 g/mol. The summed E-state index contributed by atoms with van der Waals surface area (Å²) in [4.78, 5) is 37.5. The van der Waals surface area contributed by atoms with Crippen molar-refractivity contribution in [1.82, 2.24) is 0 Å². The van der Waals surface area contributed by atoms with Crippen molar-refractivity contribution >= 4 is 23.8 Å². The molecule has 0 heterocycles. The van der Waals surface area contributed by atoms with Crippen molar-refractivity contribution in [2.45, 2.75) is 68.2 Å². The number of allylic oxidation sites excluding steroid dienone is 1. The van der Waals surface area contributed by atoms with Gasteiger partial charge in [0.2, 0.25) is 0 Å². The van der Waals surface area contributed by atoms with Crippen molar-refractivity contribution in [1.29, 1.82) is 0 Å². The van der Waals surface area contributed by atoms with E-state index in [1.54, 1.807) is 58.2 Å². The Morgan fingerprint density at radius 3 is 1.83 bits per heavy atom. The number of carbonyl (C=O) groups excluding carboxylic acids is 3. The first kappa shape index (κ1) is 28.8. The van der Waals surface area contributed by atoms with Crippen molar-refractivity contribution < 1.29 is 28.6 Å². The predicted octanol–water partition coefficient (Wildman–Crippen LogP) is 6.62. The van der Waals surface area contributed by atoms with Gasteiger partial charge >= 0.3 is 11.9 Å². The van der Waals surface area contributed by atoms with Crippen LogP contribution < -0.4 is 14.2 Å². The molecule has 0 unspecified atom stereocenters. The lowest BCUT2D eigenvalue weighted by molar-refractivity contribution is -0.143. The van der Waals surface area contributed by atoms with Crippen LogP contribution in [0.25, 0.3) is 6.08 Å². The van der Waals surface area contributed by atoms with Crippen molar-refractivity contribution in [3.8, 4) is 17.2 Å². The van der Waals surface area contributed by atoms with E-state index in [2.05, 4.69) is 0 Å². The molecular formula is C30H38O6. The van der Waals surface area contributed by atoms with E-state index < -0.39 is 10.8 Å². The van der Waals surface area contributed by atoms with E-state index in [1.807, 2.05) is 40.7 Å². The van der Waals surface area contributed by atoms with Crippen LogP contribution in [0, 0.1) is 10.8 Å². The quantitative estimate of drug-likeness (QED) is 0.178. The molecule has 2 aromatic carbocycles. The number of hydrogen-bond acceptors (Lipinski definition) is 6. The summed E-state index contributed by atoms with van der Waals surface area (Å²) in [7, 11) is 1.56. The number of hydrogen-bond donors (Lipinski definition) is 0. The summed E-state index contributed by atoms with van der Waals surface area (Å²) >= 11 is 0. The smallest absolute Gasteiger partial charge is 0.316 e. The number of rotatable bonds is 8.